The number of nitrogens with zero attached hydrogens (tertiary/aromatic N) is 1. The topological polar surface area (TPSA) is 67.9 Å². The third kappa shape index (κ3) is 4.29. The maximum absolute atomic E-state index is 12.4. The molecule has 0 aliphatic carbocycles. The number of ether oxygens (including phenoxy) is 2. The molecule has 2 aromatic carbocycles. The molecule has 0 radical (unpaired) electrons. The van der Waals surface area contributed by atoms with Crippen LogP contribution in [0.4, 0.5) is 5.69 Å². The van der Waals surface area contributed by atoms with Crippen molar-refractivity contribution in [2.75, 3.05) is 18.7 Å². The molecule has 0 fully saturated rings. The monoisotopic (exact) mass is 340 g/mol. The number of rotatable bonds is 6. The molecule has 1 heterocycles. The number of carbonyl (C=O) groups is 2. The Balaban J connectivity index is 1.56. The maximum atomic E-state index is 12.4. The highest BCUT2D eigenvalue weighted by molar-refractivity contribution is 6.03. The van der Waals surface area contributed by atoms with Crippen LogP contribution in [0.3, 0.4) is 0 Å². The molecule has 0 aromatic heterocycles. The van der Waals surface area contributed by atoms with Crippen molar-refractivity contribution in [2.24, 2.45) is 0 Å². The minimum Gasteiger partial charge on any atom is -0.454 e. The highest BCUT2D eigenvalue weighted by Gasteiger charge is 2.18. The van der Waals surface area contributed by atoms with Gasteiger partial charge in [0.2, 0.25) is 18.6 Å². The predicted molar refractivity (Wildman–Crippen MR) is 93.3 cm³/mol. The molecular weight excluding hydrogens is 320 g/mol. The number of amides is 2. The number of carbonyl (C=O) groups excluding carboxylic acids is 2. The molecule has 0 saturated heterocycles. The van der Waals surface area contributed by atoms with Crippen molar-refractivity contribution in [3.8, 4) is 11.5 Å². The Kier molecular flexibility index (Phi) is 5.18. The van der Waals surface area contributed by atoms with Crippen molar-refractivity contribution >= 4 is 17.5 Å². The van der Waals surface area contributed by atoms with Crippen LogP contribution >= 0.6 is 0 Å². The van der Waals surface area contributed by atoms with Crippen molar-refractivity contribution in [3.63, 3.8) is 0 Å². The second-order valence-electron chi connectivity index (χ2n) is 5.69. The lowest BCUT2D eigenvalue weighted by molar-refractivity contribution is -0.134. The van der Waals surface area contributed by atoms with E-state index in [1.807, 2.05) is 37.3 Å². The number of anilines is 1. The Bertz CT molecular complexity index is 761. The molecule has 1 aliphatic heterocycles. The van der Waals surface area contributed by atoms with Gasteiger partial charge in [-0.3, -0.25) is 9.59 Å². The van der Waals surface area contributed by atoms with Crippen LogP contribution in [0.2, 0.25) is 0 Å². The summed E-state index contributed by atoms with van der Waals surface area (Å²) in [5.74, 6) is 0.678. The average Bonchev–Trinajstić information content (AvgIpc) is 3.08. The Morgan fingerprint density at radius 3 is 2.60 bits per heavy atom. The zero-order valence-corrected chi connectivity index (χ0v) is 14.0. The fourth-order valence-electron chi connectivity index (χ4n) is 2.61. The Hall–Kier alpha value is -3.02. The second-order valence-corrected chi connectivity index (χ2v) is 5.69. The van der Waals surface area contributed by atoms with Crippen LogP contribution < -0.4 is 14.8 Å². The minimum absolute atomic E-state index is 0.177. The Morgan fingerprint density at radius 2 is 1.84 bits per heavy atom. The third-order valence-electron chi connectivity index (χ3n) is 3.92. The minimum atomic E-state index is -0.352. The van der Waals surface area contributed by atoms with Crippen LogP contribution in [-0.2, 0) is 16.1 Å². The lowest BCUT2D eigenvalue weighted by Crippen LogP contribution is -2.33. The van der Waals surface area contributed by atoms with Gasteiger partial charge in [0.05, 0.1) is 0 Å². The van der Waals surface area contributed by atoms with Crippen LogP contribution in [0.15, 0.2) is 48.5 Å². The van der Waals surface area contributed by atoms with Crippen LogP contribution in [0.1, 0.15) is 18.9 Å². The number of fused-ring (bicyclic) bond motifs is 1. The molecule has 6 heteroatoms. The molecule has 3 rings (SSSR count). The van der Waals surface area contributed by atoms with Gasteiger partial charge < -0.3 is 19.7 Å². The summed E-state index contributed by atoms with van der Waals surface area (Å²) in [6.07, 6.45) is -0.199. The molecule has 6 nitrogen and oxygen atoms in total. The number of benzene rings is 2. The standard InChI is InChI=1S/C19H20N2O4/c1-2-21(12-14-6-4-3-5-7-14)19(23)11-18(22)20-15-8-9-16-17(10-15)25-13-24-16/h3-10H,2,11-13H2,1H3,(H,20,22). The van der Waals surface area contributed by atoms with Gasteiger partial charge in [0.25, 0.3) is 0 Å². The quantitative estimate of drug-likeness (QED) is 0.821. The summed E-state index contributed by atoms with van der Waals surface area (Å²) in [7, 11) is 0. The van der Waals surface area contributed by atoms with E-state index < -0.39 is 0 Å². The summed E-state index contributed by atoms with van der Waals surface area (Å²) < 4.78 is 10.5. The first-order valence-electron chi connectivity index (χ1n) is 8.17. The van der Waals surface area contributed by atoms with Crippen molar-refractivity contribution in [2.45, 2.75) is 19.9 Å². The smallest absolute Gasteiger partial charge is 0.233 e. The molecular formula is C19H20N2O4. The van der Waals surface area contributed by atoms with Gasteiger partial charge in [-0.1, -0.05) is 30.3 Å². The molecule has 1 aliphatic rings. The van der Waals surface area contributed by atoms with Gasteiger partial charge in [-0.15, -0.1) is 0 Å². The normalized spacial score (nSPS) is 11.9. The van der Waals surface area contributed by atoms with Crippen molar-refractivity contribution < 1.29 is 19.1 Å². The highest BCUT2D eigenvalue weighted by Crippen LogP contribution is 2.34. The molecule has 0 saturated carbocycles. The van der Waals surface area contributed by atoms with E-state index in [0.29, 0.717) is 30.3 Å². The third-order valence-corrected chi connectivity index (χ3v) is 3.92. The van der Waals surface area contributed by atoms with Gasteiger partial charge in [-0.2, -0.15) is 0 Å². The average molecular weight is 340 g/mol. The lowest BCUT2D eigenvalue weighted by Gasteiger charge is -2.20. The Labute approximate surface area is 146 Å². The van der Waals surface area contributed by atoms with Crippen LogP contribution in [0, 0.1) is 0 Å². The first-order chi connectivity index (χ1) is 12.2. The summed E-state index contributed by atoms with van der Waals surface area (Å²) in [5.41, 5.74) is 1.61. The van der Waals surface area contributed by atoms with Gasteiger partial charge in [-0.05, 0) is 24.6 Å². The fraction of sp³-hybridized carbons (Fsp3) is 0.263. The summed E-state index contributed by atoms with van der Waals surface area (Å²) in [4.78, 5) is 26.2. The molecule has 0 atom stereocenters. The van der Waals surface area contributed by atoms with Crippen molar-refractivity contribution in [1.82, 2.24) is 4.90 Å². The van der Waals surface area contributed by atoms with E-state index in [1.165, 1.54) is 0 Å². The number of hydrogen-bond donors (Lipinski definition) is 1. The van der Waals surface area contributed by atoms with E-state index in [2.05, 4.69) is 5.32 Å². The molecule has 2 aromatic rings. The Morgan fingerprint density at radius 1 is 1.08 bits per heavy atom. The maximum Gasteiger partial charge on any atom is 0.233 e. The summed E-state index contributed by atoms with van der Waals surface area (Å²) in [6, 6.07) is 14.9. The molecule has 0 unspecified atom stereocenters. The van der Waals surface area contributed by atoms with Gasteiger partial charge >= 0.3 is 0 Å². The molecule has 2 amide bonds. The molecule has 0 spiro atoms. The van der Waals surface area contributed by atoms with Gasteiger partial charge in [0.1, 0.15) is 6.42 Å². The van der Waals surface area contributed by atoms with E-state index in [-0.39, 0.29) is 25.0 Å². The van der Waals surface area contributed by atoms with E-state index in [9.17, 15) is 9.59 Å². The zero-order chi connectivity index (χ0) is 17.6. The van der Waals surface area contributed by atoms with Crippen LogP contribution in [-0.4, -0.2) is 30.1 Å². The lowest BCUT2D eigenvalue weighted by atomic mass is 10.2. The van der Waals surface area contributed by atoms with E-state index in [1.54, 1.807) is 23.1 Å². The van der Waals surface area contributed by atoms with E-state index >= 15 is 0 Å². The van der Waals surface area contributed by atoms with Gasteiger partial charge in [0.15, 0.2) is 11.5 Å². The van der Waals surface area contributed by atoms with Crippen molar-refractivity contribution in [1.29, 1.82) is 0 Å². The number of hydrogen-bond acceptors (Lipinski definition) is 4. The summed E-state index contributed by atoms with van der Waals surface area (Å²) >= 11 is 0. The predicted octanol–water partition coefficient (Wildman–Crippen LogP) is 2.79. The van der Waals surface area contributed by atoms with Gasteiger partial charge in [-0.25, -0.2) is 0 Å². The highest BCUT2D eigenvalue weighted by atomic mass is 16.7. The van der Waals surface area contributed by atoms with Crippen LogP contribution in [0.25, 0.3) is 0 Å². The van der Waals surface area contributed by atoms with Crippen LogP contribution in [0.5, 0.6) is 11.5 Å². The van der Waals surface area contributed by atoms with E-state index in [4.69, 9.17) is 9.47 Å². The van der Waals surface area contributed by atoms with E-state index in [0.717, 1.165) is 5.56 Å². The first-order valence-corrected chi connectivity index (χ1v) is 8.17. The summed E-state index contributed by atoms with van der Waals surface area (Å²) in [6.45, 7) is 3.12. The molecule has 130 valence electrons. The number of nitrogens with one attached hydrogen (secondary N) is 1. The fourth-order valence-corrected chi connectivity index (χ4v) is 2.61. The largest absolute Gasteiger partial charge is 0.454 e. The molecule has 0 bridgehead atoms. The molecule has 25 heavy (non-hydrogen) atoms. The van der Waals surface area contributed by atoms with Crippen molar-refractivity contribution in [3.05, 3.63) is 54.1 Å². The zero-order valence-electron chi connectivity index (χ0n) is 14.0. The second kappa shape index (κ2) is 7.70. The molecule has 1 N–H and O–H groups in total. The first kappa shape index (κ1) is 16.8. The van der Waals surface area contributed by atoms with Gasteiger partial charge in [0, 0.05) is 24.8 Å². The summed E-state index contributed by atoms with van der Waals surface area (Å²) in [5, 5.41) is 2.72. The SMILES string of the molecule is CCN(Cc1ccccc1)C(=O)CC(=O)Nc1ccc2c(c1)OCO2.